The van der Waals surface area contributed by atoms with Gasteiger partial charge in [-0.05, 0) is 46.5 Å². The first kappa shape index (κ1) is 16.7. The SMILES string of the molecule is CC(C)(C)OC(=O)NC1(C(=O)N2CCC(c3nn[nH]n3)C2)CCC1. The van der Waals surface area contributed by atoms with Gasteiger partial charge in [-0.15, -0.1) is 10.2 Å². The molecule has 1 aliphatic heterocycles. The molecule has 1 aromatic heterocycles. The van der Waals surface area contributed by atoms with Gasteiger partial charge >= 0.3 is 6.09 Å². The minimum Gasteiger partial charge on any atom is -0.444 e. The van der Waals surface area contributed by atoms with E-state index in [0.29, 0.717) is 31.8 Å². The lowest BCUT2D eigenvalue weighted by atomic mass is 9.75. The number of aromatic amines is 1. The molecule has 132 valence electrons. The number of nitrogens with one attached hydrogen (secondary N) is 2. The molecule has 1 aliphatic carbocycles. The Morgan fingerprint density at radius 1 is 1.38 bits per heavy atom. The molecule has 1 atom stereocenters. The van der Waals surface area contributed by atoms with Gasteiger partial charge in [0.05, 0.1) is 0 Å². The lowest BCUT2D eigenvalue weighted by Gasteiger charge is -2.43. The highest BCUT2D eigenvalue weighted by atomic mass is 16.6. The van der Waals surface area contributed by atoms with Crippen molar-refractivity contribution in [2.24, 2.45) is 0 Å². The van der Waals surface area contributed by atoms with Crippen molar-refractivity contribution in [2.75, 3.05) is 13.1 Å². The van der Waals surface area contributed by atoms with E-state index < -0.39 is 17.2 Å². The second-order valence-corrected chi connectivity index (χ2v) is 7.57. The third kappa shape index (κ3) is 3.34. The van der Waals surface area contributed by atoms with Crippen LogP contribution in [-0.4, -0.2) is 61.8 Å². The molecule has 0 bridgehead atoms. The summed E-state index contributed by atoms with van der Waals surface area (Å²) in [7, 11) is 0. The van der Waals surface area contributed by atoms with Crippen molar-refractivity contribution in [3.05, 3.63) is 5.82 Å². The second kappa shape index (κ2) is 6.03. The van der Waals surface area contributed by atoms with Gasteiger partial charge in [0.1, 0.15) is 11.1 Å². The van der Waals surface area contributed by atoms with Crippen LogP contribution < -0.4 is 5.32 Å². The topological polar surface area (TPSA) is 113 Å². The molecule has 24 heavy (non-hydrogen) atoms. The van der Waals surface area contributed by atoms with Crippen molar-refractivity contribution in [2.45, 2.75) is 63.5 Å². The molecular weight excluding hydrogens is 312 g/mol. The fraction of sp³-hybridized carbons (Fsp3) is 0.800. The molecule has 2 heterocycles. The van der Waals surface area contributed by atoms with E-state index in [9.17, 15) is 9.59 Å². The Hall–Kier alpha value is -2.19. The minimum absolute atomic E-state index is 0.0365. The van der Waals surface area contributed by atoms with Crippen LogP contribution in [0, 0.1) is 0 Å². The van der Waals surface area contributed by atoms with E-state index in [0.717, 1.165) is 12.8 Å². The number of carbonyl (C=O) groups excluding carboxylic acids is 2. The molecule has 3 rings (SSSR count). The molecule has 9 heteroatoms. The maximum Gasteiger partial charge on any atom is 0.408 e. The standard InChI is InChI=1S/C15H24N6O3/c1-14(2,3)24-13(23)16-15(6-4-7-15)12(22)21-8-5-10(9-21)11-17-19-20-18-11/h10H,4-9H2,1-3H3,(H,16,23)(H,17,18,19,20). The summed E-state index contributed by atoms with van der Waals surface area (Å²) in [6.07, 6.45) is 2.48. The molecule has 1 aromatic rings. The number of aromatic nitrogens is 4. The summed E-state index contributed by atoms with van der Waals surface area (Å²) >= 11 is 0. The van der Waals surface area contributed by atoms with Crippen LogP contribution in [0.15, 0.2) is 0 Å². The fourth-order valence-corrected chi connectivity index (χ4v) is 3.22. The lowest BCUT2D eigenvalue weighted by molar-refractivity contribution is -0.141. The van der Waals surface area contributed by atoms with E-state index >= 15 is 0 Å². The number of hydrogen-bond donors (Lipinski definition) is 2. The monoisotopic (exact) mass is 336 g/mol. The number of ether oxygens (including phenoxy) is 1. The van der Waals surface area contributed by atoms with Gasteiger partial charge in [0, 0.05) is 19.0 Å². The predicted octanol–water partition coefficient (Wildman–Crippen LogP) is 0.963. The number of tetrazole rings is 1. The molecule has 0 radical (unpaired) electrons. The average molecular weight is 336 g/mol. The summed E-state index contributed by atoms with van der Waals surface area (Å²) in [6, 6.07) is 0. The second-order valence-electron chi connectivity index (χ2n) is 7.57. The third-order valence-electron chi connectivity index (χ3n) is 4.56. The zero-order valence-electron chi connectivity index (χ0n) is 14.3. The van der Waals surface area contributed by atoms with E-state index in [2.05, 4.69) is 25.9 Å². The maximum atomic E-state index is 13.0. The molecule has 2 amide bonds. The van der Waals surface area contributed by atoms with Crippen molar-refractivity contribution >= 4 is 12.0 Å². The Morgan fingerprint density at radius 2 is 2.12 bits per heavy atom. The molecular formula is C15H24N6O3. The first-order chi connectivity index (χ1) is 11.3. The van der Waals surface area contributed by atoms with Gasteiger partial charge in [0.2, 0.25) is 5.91 Å². The normalized spacial score (nSPS) is 22.8. The lowest BCUT2D eigenvalue weighted by Crippen LogP contribution is -2.63. The molecule has 1 unspecified atom stereocenters. The van der Waals surface area contributed by atoms with Crippen molar-refractivity contribution in [1.29, 1.82) is 0 Å². The molecule has 1 saturated heterocycles. The van der Waals surface area contributed by atoms with Crippen LogP contribution in [0.25, 0.3) is 0 Å². The number of likely N-dealkylation sites (tertiary alicyclic amines) is 1. The number of rotatable bonds is 3. The summed E-state index contributed by atoms with van der Waals surface area (Å²) in [5, 5.41) is 16.8. The fourth-order valence-electron chi connectivity index (χ4n) is 3.22. The van der Waals surface area contributed by atoms with Crippen molar-refractivity contribution in [1.82, 2.24) is 30.8 Å². The van der Waals surface area contributed by atoms with Gasteiger partial charge in [-0.2, -0.15) is 5.21 Å². The van der Waals surface area contributed by atoms with Gasteiger partial charge in [-0.3, -0.25) is 4.79 Å². The van der Waals surface area contributed by atoms with E-state index in [1.807, 2.05) is 0 Å². The molecule has 2 N–H and O–H groups in total. The highest BCUT2D eigenvalue weighted by Gasteiger charge is 2.49. The Morgan fingerprint density at radius 3 is 2.67 bits per heavy atom. The summed E-state index contributed by atoms with van der Waals surface area (Å²) in [6.45, 7) is 6.60. The highest BCUT2D eigenvalue weighted by molar-refractivity contribution is 5.91. The number of H-pyrrole nitrogens is 1. The third-order valence-corrected chi connectivity index (χ3v) is 4.56. The van der Waals surface area contributed by atoms with Gasteiger partial charge in [-0.1, -0.05) is 5.21 Å². The van der Waals surface area contributed by atoms with Crippen molar-refractivity contribution in [3.8, 4) is 0 Å². The van der Waals surface area contributed by atoms with E-state index in [1.54, 1.807) is 25.7 Å². The predicted molar refractivity (Wildman–Crippen MR) is 84.1 cm³/mol. The molecule has 0 spiro atoms. The van der Waals surface area contributed by atoms with E-state index in [4.69, 9.17) is 4.74 Å². The van der Waals surface area contributed by atoms with E-state index in [-0.39, 0.29) is 11.8 Å². The molecule has 9 nitrogen and oxygen atoms in total. The van der Waals surface area contributed by atoms with E-state index in [1.165, 1.54) is 0 Å². The van der Waals surface area contributed by atoms with Gasteiger partial charge < -0.3 is 15.0 Å². The van der Waals surface area contributed by atoms with Crippen LogP contribution in [0.3, 0.4) is 0 Å². The number of alkyl carbamates (subject to hydrolysis) is 1. The number of hydrogen-bond acceptors (Lipinski definition) is 6. The van der Waals surface area contributed by atoms with Crippen LogP contribution in [0.2, 0.25) is 0 Å². The first-order valence-electron chi connectivity index (χ1n) is 8.33. The maximum absolute atomic E-state index is 13.0. The number of carbonyl (C=O) groups is 2. The molecule has 2 fully saturated rings. The summed E-state index contributed by atoms with van der Waals surface area (Å²) < 4.78 is 5.31. The van der Waals surface area contributed by atoms with Crippen LogP contribution in [-0.2, 0) is 9.53 Å². The summed E-state index contributed by atoms with van der Waals surface area (Å²) in [5.41, 5.74) is -1.41. The molecule has 2 aliphatic rings. The Labute approximate surface area is 140 Å². The van der Waals surface area contributed by atoms with Crippen LogP contribution in [0.4, 0.5) is 4.79 Å². The zero-order valence-corrected chi connectivity index (χ0v) is 14.3. The zero-order chi connectivity index (χ0) is 17.4. The van der Waals surface area contributed by atoms with Gasteiger partial charge in [0.25, 0.3) is 0 Å². The van der Waals surface area contributed by atoms with Crippen molar-refractivity contribution < 1.29 is 14.3 Å². The Kier molecular flexibility index (Phi) is 4.18. The molecule has 0 aromatic carbocycles. The smallest absolute Gasteiger partial charge is 0.408 e. The van der Waals surface area contributed by atoms with Gasteiger partial charge in [-0.25, -0.2) is 4.79 Å². The van der Waals surface area contributed by atoms with Crippen LogP contribution in [0.5, 0.6) is 0 Å². The summed E-state index contributed by atoms with van der Waals surface area (Å²) in [4.78, 5) is 26.8. The minimum atomic E-state index is -0.825. The largest absolute Gasteiger partial charge is 0.444 e. The molecule has 1 saturated carbocycles. The summed E-state index contributed by atoms with van der Waals surface area (Å²) in [5.74, 6) is 0.685. The Bertz CT molecular complexity index is 605. The Balaban J connectivity index is 1.63. The van der Waals surface area contributed by atoms with Crippen LogP contribution in [0.1, 0.15) is 58.2 Å². The first-order valence-corrected chi connectivity index (χ1v) is 8.33. The van der Waals surface area contributed by atoms with Crippen LogP contribution >= 0.6 is 0 Å². The average Bonchev–Trinajstić information content (AvgIpc) is 3.09. The van der Waals surface area contributed by atoms with Gasteiger partial charge in [0.15, 0.2) is 5.82 Å². The van der Waals surface area contributed by atoms with Crippen molar-refractivity contribution in [3.63, 3.8) is 0 Å². The highest BCUT2D eigenvalue weighted by Crippen LogP contribution is 2.36. The number of amides is 2. The quantitative estimate of drug-likeness (QED) is 0.850. The number of nitrogens with zero attached hydrogens (tertiary/aromatic N) is 4.